The fourth-order valence-corrected chi connectivity index (χ4v) is 3.60. The van der Waals surface area contributed by atoms with Crippen molar-refractivity contribution in [2.24, 2.45) is 0 Å². The molecule has 0 saturated carbocycles. The first-order valence-corrected chi connectivity index (χ1v) is 7.45. The second kappa shape index (κ2) is 4.96. The zero-order valence-electron chi connectivity index (χ0n) is 11.8. The molecular formula is C15H14N2O3S. The molecule has 1 amide bonds. The van der Waals surface area contributed by atoms with Gasteiger partial charge in [0.05, 0.1) is 16.2 Å². The summed E-state index contributed by atoms with van der Waals surface area (Å²) in [6.07, 6.45) is 0.737. The highest BCUT2D eigenvalue weighted by Crippen LogP contribution is 2.34. The van der Waals surface area contributed by atoms with E-state index in [-0.39, 0.29) is 11.6 Å². The second-order valence-electron chi connectivity index (χ2n) is 5.10. The number of amides is 1. The van der Waals surface area contributed by atoms with Crippen LogP contribution in [0, 0.1) is 24.0 Å². The number of rotatable bonds is 2. The molecule has 0 spiro atoms. The molecule has 2 heterocycles. The third kappa shape index (κ3) is 2.31. The summed E-state index contributed by atoms with van der Waals surface area (Å²) < 4.78 is 0. The number of hydrogen-bond acceptors (Lipinski definition) is 4. The number of anilines is 1. The Morgan fingerprint density at radius 3 is 2.71 bits per heavy atom. The first-order chi connectivity index (χ1) is 9.97. The number of thiophene rings is 1. The fourth-order valence-electron chi connectivity index (χ4n) is 2.68. The molecule has 1 aromatic heterocycles. The Balaban J connectivity index is 2.00. The van der Waals surface area contributed by atoms with Gasteiger partial charge in [-0.25, -0.2) is 0 Å². The number of benzene rings is 1. The van der Waals surface area contributed by atoms with Gasteiger partial charge in [-0.1, -0.05) is 6.07 Å². The summed E-state index contributed by atoms with van der Waals surface area (Å²) >= 11 is 1.59. The third-order valence-corrected chi connectivity index (χ3v) is 4.66. The van der Waals surface area contributed by atoms with E-state index in [1.165, 1.54) is 12.1 Å². The van der Waals surface area contributed by atoms with Crippen LogP contribution in [0.1, 0.15) is 25.7 Å². The largest absolute Gasteiger partial charge is 0.307 e. The van der Waals surface area contributed by atoms with Crippen molar-refractivity contribution in [2.75, 3.05) is 11.4 Å². The van der Waals surface area contributed by atoms with Crippen molar-refractivity contribution < 1.29 is 9.72 Å². The van der Waals surface area contributed by atoms with Crippen molar-refractivity contribution >= 4 is 28.6 Å². The van der Waals surface area contributed by atoms with Crippen molar-refractivity contribution in [3.63, 3.8) is 0 Å². The Hall–Kier alpha value is -2.21. The molecule has 0 radical (unpaired) electrons. The fraction of sp³-hybridized carbons (Fsp3) is 0.267. The molecule has 5 nitrogen and oxygen atoms in total. The molecule has 0 fully saturated rings. The molecule has 21 heavy (non-hydrogen) atoms. The van der Waals surface area contributed by atoms with Crippen LogP contribution in [0.4, 0.5) is 11.4 Å². The van der Waals surface area contributed by atoms with Crippen LogP contribution in [-0.2, 0) is 6.42 Å². The number of carbonyl (C=O) groups excluding carboxylic acids is 1. The van der Waals surface area contributed by atoms with Crippen molar-refractivity contribution in [1.82, 2.24) is 0 Å². The van der Waals surface area contributed by atoms with E-state index >= 15 is 0 Å². The lowest BCUT2D eigenvalue weighted by Crippen LogP contribution is -2.29. The van der Waals surface area contributed by atoms with Crippen LogP contribution in [-0.4, -0.2) is 17.4 Å². The van der Waals surface area contributed by atoms with E-state index in [1.807, 2.05) is 19.9 Å². The normalized spacial score (nSPS) is 13.3. The standard InChI is InChI=1S/C15H14N2O3S/c1-9-7-13(10(2)21-9)15(18)16-6-5-11-3-4-12(17(19)20)8-14(11)16/h3-4,7-8H,5-6H2,1-2H3. The molecule has 0 saturated heterocycles. The zero-order valence-corrected chi connectivity index (χ0v) is 12.6. The summed E-state index contributed by atoms with van der Waals surface area (Å²) in [6, 6.07) is 6.62. The average Bonchev–Trinajstić information content (AvgIpc) is 3.00. The number of fused-ring (bicyclic) bond motifs is 1. The maximum Gasteiger partial charge on any atom is 0.271 e. The van der Waals surface area contributed by atoms with Crippen LogP contribution in [0.2, 0.25) is 0 Å². The molecule has 108 valence electrons. The van der Waals surface area contributed by atoms with E-state index in [0.717, 1.165) is 21.7 Å². The predicted octanol–water partition coefficient (Wildman–Crippen LogP) is 3.48. The monoisotopic (exact) mass is 302 g/mol. The Kier molecular flexibility index (Phi) is 3.25. The van der Waals surface area contributed by atoms with Crippen LogP contribution in [0.15, 0.2) is 24.3 Å². The first-order valence-electron chi connectivity index (χ1n) is 6.63. The average molecular weight is 302 g/mol. The Morgan fingerprint density at radius 2 is 2.10 bits per heavy atom. The van der Waals surface area contributed by atoms with E-state index < -0.39 is 4.92 Å². The topological polar surface area (TPSA) is 63.5 Å². The number of nitro benzene ring substituents is 1. The van der Waals surface area contributed by atoms with Gasteiger partial charge in [0.15, 0.2) is 0 Å². The maximum atomic E-state index is 12.7. The van der Waals surface area contributed by atoms with E-state index in [2.05, 4.69) is 0 Å². The lowest BCUT2D eigenvalue weighted by Gasteiger charge is -2.17. The van der Waals surface area contributed by atoms with Crippen LogP contribution in [0.5, 0.6) is 0 Å². The van der Waals surface area contributed by atoms with Crippen LogP contribution < -0.4 is 4.90 Å². The third-order valence-electron chi connectivity index (χ3n) is 3.69. The zero-order chi connectivity index (χ0) is 15.1. The minimum atomic E-state index is -0.429. The number of aryl methyl sites for hydroxylation is 2. The minimum absolute atomic E-state index is 0.0201. The van der Waals surface area contributed by atoms with Gasteiger partial charge in [0, 0.05) is 28.4 Å². The van der Waals surface area contributed by atoms with Crippen LogP contribution >= 0.6 is 11.3 Å². The molecule has 1 aliphatic heterocycles. The first kappa shape index (κ1) is 13.8. The van der Waals surface area contributed by atoms with Crippen molar-refractivity contribution in [1.29, 1.82) is 0 Å². The molecule has 2 aromatic rings. The number of carbonyl (C=O) groups is 1. The molecule has 1 aromatic carbocycles. The quantitative estimate of drug-likeness (QED) is 0.630. The van der Waals surface area contributed by atoms with Gasteiger partial charge in [-0.05, 0) is 31.9 Å². The van der Waals surface area contributed by atoms with Gasteiger partial charge in [-0.3, -0.25) is 14.9 Å². The summed E-state index contributed by atoms with van der Waals surface area (Å²) in [5.41, 5.74) is 2.36. The molecule has 0 unspecified atom stereocenters. The predicted molar refractivity (Wildman–Crippen MR) is 82.3 cm³/mol. The van der Waals surface area contributed by atoms with Crippen molar-refractivity contribution in [3.05, 3.63) is 55.3 Å². The second-order valence-corrected chi connectivity index (χ2v) is 6.56. The SMILES string of the molecule is Cc1cc(C(=O)N2CCc3ccc([N+](=O)[O-])cc32)c(C)s1. The van der Waals surface area contributed by atoms with Gasteiger partial charge in [0.2, 0.25) is 0 Å². The van der Waals surface area contributed by atoms with Gasteiger partial charge >= 0.3 is 0 Å². The summed E-state index contributed by atoms with van der Waals surface area (Å²) in [4.78, 5) is 26.9. The Morgan fingerprint density at radius 1 is 1.33 bits per heavy atom. The highest BCUT2D eigenvalue weighted by Gasteiger charge is 2.28. The molecular weight excluding hydrogens is 288 g/mol. The molecule has 1 aliphatic rings. The van der Waals surface area contributed by atoms with Crippen molar-refractivity contribution in [2.45, 2.75) is 20.3 Å². The molecule has 0 aliphatic carbocycles. The van der Waals surface area contributed by atoms with Gasteiger partial charge < -0.3 is 4.90 Å². The van der Waals surface area contributed by atoms with Crippen LogP contribution in [0.3, 0.4) is 0 Å². The smallest absolute Gasteiger partial charge is 0.271 e. The molecule has 3 rings (SSSR count). The van der Waals surface area contributed by atoms with E-state index in [9.17, 15) is 14.9 Å². The van der Waals surface area contributed by atoms with Gasteiger partial charge in [-0.2, -0.15) is 0 Å². The maximum absolute atomic E-state index is 12.7. The highest BCUT2D eigenvalue weighted by atomic mass is 32.1. The summed E-state index contributed by atoms with van der Waals surface area (Å²) in [6.45, 7) is 4.47. The number of nitro groups is 1. The molecule has 6 heteroatoms. The number of nitrogens with zero attached hydrogens (tertiary/aromatic N) is 2. The van der Waals surface area contributed by atoms with Gasteiger partial charge in [0.25, 0.3) is 11.6 Å². The highest BCUT2D eigenvalue weighted by molar-refractivity contribution is 7.12. The van der Waals surface area contributed by atoms with Crippen LogP contribution in [0.25, 0.3) is 0 Å². The minimum Gasteiger partial charge on any atom is -0.307 e. The summed E-state index contributed by atoms with van der Waals surface area (Å²) in [5.74, 6) is -0.0731. The molecule has 0 atom stereocenters. The molecule has 0 bridgehead atoms. The summed E-state index contributed by atoms with van der Waals surface area (Å²) in [7, 11) is 0. The lowest BCUT2D eigenvalue weighted by molar-refractivity contribution is -0.384. The Labute approximate surface area is 126 Å². The number of non-ortho nitro benzene ring substituents is 1. The van der Waals surface area contributed by atoms with E-state index in [4.69, 9.17) is 0 Å². The Bertz CT molecular complexity index is 751. The van der Waals surface area contributed by atoms with E-state index in [0.29, 0.717) is 17.8 Å². The van der Waals surface area contributed by atoms with Gasteiger partial charge in [-0.15, -0.1) is 11.3 Å². The van der Waals surface area contributed by atoms with Gasteiger partial charge in [0.1, 0.15) is 0 Å². The van der Waals surface area contributed by atoms with E-state index in [1.54, 1.807) is 22.3 Å². The lowest BCUT2D eigenvalue weighted by atomic mass is 10.1. The number of hydrogen-bond donors (Lipinski definition) is 0. The molecule has 0 N–H and O–H groups in total. The summed E-state index contributed by atoms with van der Waals surface area (Å²) in [5, 5.41) is 10.9. The van der Waals surface area contributed by atoms with Crippen molar-refractivity contribution in [3.8, 4) is 0 Å².